The maximum atomic E-state index is 11.6. The summed E-state index contributed by atoms with van der Waals surface area (Å²) in [7, 11) is 0. The highest BCUT2D eigenvalue weighted by Crippen LogP contribution is 2.30. The fraction of sp³-hybridized carbons (Fsp3) is 0.231. The van der Waals surface area contributed by atoms with Crippen molar-refractivity contribution in [2.75, 3.05) is 5.32 Å². The van der Waals surface area contributed by atoms with Gasteiger partial charge in [0.1, 0.15) is 0 Å². The molecule has 2 aromatic rings. The molecule has 0 aliphatic heterocycles. The molecule has 1 aromatic carbocycles. The molecule has 0 saturated heterocycles. The topological polar surface area (TPSA) is 42.0 Å². The molecule has 1 heterocycles. The molecular weight excluding hydrogens is 232 g/mol. The van der Waals surface area contributed by atoms with Gasteiger partial charge >= 0.3 is 0 Å². The highest BCUT2D eigenvalue weighted by molar-refractivity contribution is 7.07. The van der Waals surface area contributed by atoms with Crippen LogP contribution in [-0.2, 0) is 4.79 Å². The molecule has 0 spiro atoms. The molecule has 4 heteroatoms. The van der Waals surface area contributed by atoms with Crippen LogP contribution in [0.25, 0.3) is 11.3 Å². The number of nitrogens with zero attached hydrogens (tertiary/aromatic N) is 1. The Morgan fingerprint density at radius 3 is 2.65 bits per heavy atom. The van der Waals surface area contributed by atoms with Gasteiger partial charge in [0.25, 0.3) is 0 Å². The zero-order valence-corrected chi connectivity index (χ0v) is 10.0. The second kappa shape index (κ2) is 4.30. The first-order valence-corrected chi connectivity index (χ1v) is 6.57. The first-order valence-electron chi connectivity index (χ1n) is 5.62. The van der Waals surface area contributed by atoms with Crippen molar-refractivity contribution in [2.45, 2.75) is 12.8 Å². The van der Waals surface area contributed by atoms with E-state index in [0.29, 0.717) is 0 Å². The number of hydrogen-bond acceptors (Lipinski definition) is 3. The fourth-order valence-corrected chi connectivity index (χ4v) is 2.23. The van der Waals surface area contributed by atoms with E-state index < -0.39 is 0 Å². The summed E-state index contributed by atoms with van der Waals surface area (Å²) < 4.78 is 0. The van der Waals surface area contributed by atoms with Crippen LogP contribution < -0.4 is 5.32 Å². The van der Waals surface area contributed by atoms with E-state index in [4.69, 9.17) is 0 Å². The largest absolute Gasteiger partial charge is 0.326 e. The van der Waals surface area contributed by atoms with Gasteiger partial charge in [-0.3, -0.25) is 4.79 Å². The van der Waals surface area contributed by atoms with Crippen molar-refractivity contribution >= 4 is 22.9 Å². The molecule has 0 atom stereocenters. The lowest BCUT2D eigenvalue weighted by Gasteiger charge is -2.04. The van der Waals surface area contributed by atoms with Crippen molar-refractivity contribution in [3.05, 3.63) is 35.2 Å². The Hall–Kier alpha value is -1.68. The van der Waals surface area contributed by atoms with Gasteiger partial charge < -0.3 is 5.32 Å². The van der Waals surface area contributed by atoms with Crippen LogP contribution in [0.5, 0.6) is 0 Å². The molecule has 1 aliphatic carbocycles. The zero-order chi connectivity index (χ0) is 11.7. The maximum Gasteiger partial charge on any atom is 0.227 e. The molecule has 0 bridgehead atoms. The average Bonchev–Trinajstić information content (AvgIpc) is 3.07. The van der Waals surface area contributed by atoms with Crippen LogP contribution in [0.1, 0.15) is 12.8 Å². The molecule has 86 valence electrons. The number of thiazole rings is 1. The van der Waals surface area contributed by atoms with Crippen LogP contribution in [0, 0.1) is 5.92 Å². The van der Waals surface area contributed by atoms with E-state index in [1.807, 2.05) is 35.2 Å². The van der Waals surface area contributed by atoms with Crippen LogP contribution >= 0.6 is 11.3 Å². The number of amides is 1. The summed E-state index contributed by atoms with van der Waals surface area (Å²) in [6, 6.07) is 7.82. The van der Waals surface area contributed by atoms with Crippen molar-refractivity contribution in [1.82, 2.24) is 4.98 Å². The van der Waals surface area contributed by atoms with Crippen molar-refractivity contribution in [2.24, 2.45) is 5.92 Å². The molecule has 1 fully saturated rings. The maximum absolute atomic E-state index is 11.6. The van der Waals surface area contributed by atoms with E-state index in [1.165, 1.54) is 0 Å². The van der Waals surface area contributed by atoms with Gasteiger partial charge in [0.05, 0.1) is 11.2 Å². The van der Waals surface area contributed by atoms with Crippen LogP contribution in [0.3, 0.4) is 0 Å². The molecule has 1 N–H and O–H groups in total. The van der Waals surface area contributed by atoms with Gasteiger partial charge in [-0.1, -0.05) is 12.1 Å². The normalized spacial score (nSPS) is 14.6. The Bertz CT molecular complexity index is 515. The van der Waals surface area contributed by atoms with Gasteiger partial charge in [0.15, 0.2) is 0 Å². The molecule has 17 heavy (non-hydrogen) atoms. The number of benzene rings is 1. The molecule has 3 rings (SSSR count). The van der Waals surface area contributed by atoms with Gasteiger partial charge in [0.2, 0.25) is 5.91 Å². The number of carbonyl (C=O) groups is 1. The predicted molar refractivity (Wildman–Crippen MR) is 68.9 cm³/mol. The van der Waals surface area contributed by atoms with Crippen molar-refractivity contribution in [3.63, 3.8) is 0 Å². The fourth-order valence-electron chi connectivity index (χ4n) is 1.67. The van der Waals surface area contributed by atoms with E-state index in [-0.39, 0.29) is 11.8 Å². The van der Waals surface area contributed by atoms with Crippen molar-refractivity contribution in [3.8, 4) is 11.3 Å². The van der Waals surface area contributed by atoms with E-state index in [2.05, 4.69) is 10.3 Å². The van der Waals surface area contributed by atoms with Gasteiger partial charge in [-0.05, 0) is 25.0 Å². The average molecular weight is 244 g/mol. The van der Waals surface area contributed by atoms with Crippen LogP contribution in [-0.4, -0.2) is 10.9 Å². The highest BCUT2D eigenvalue weighted by atomic mass is 32.1. The molecule has 1 saturated carbocycles. The van der Waals surface area contributed by atoms with Crippen molar-refractivity contribution < 1.29 is 4.79 Å². The minimum absolute atomic E-state index is 0.145. The lowest BCUT2D eigenvalue weighted by molar-refractivity contribution is -0.117. The van der Waals surface area contributed by atoms with E-state index in [9.17, 15) is 4.79 Å². The van der Waals surface area contributed by atoms with Crippen LogP contribution in [0.4, 0.5) is 5.69 Å². The zero-order valence-electron chi connectivity index (χ0n) is 9.22. The number of rotatable bonds is 3. The Labute approximate surface area is 104 Å². The summed E-state index contributed by atoms with van der Waals surface area (Å²) in [5.74, 6) is 0.389. The quantitative estimate of drug-likeness (QED) is 0.901. The Morgan fingerprint density at radius 1 is 1.29 bits per heavy atom. The lowest BCUT2D eigenvalue weighted by Crippen LogP contribution is -2.12. The van der Waals surface area contributed by atoms with Gasteiger partial charge in [0, 0.05) is 22.5 Å². The van der Waals surface area contributed by atoms with Crippen molar-refractivity contribution in [1.29, 1.82) is 0 Å². The van der Waals surface area contributed by atoms with Crippen LogP contribution in [0.15, 0.2) is 35.2 Å². The second-order valence-corrected chi connectivity index (χ2v) is 4.93. The summed E-state index contributed by atoms with van der Waals surface area (Å²) in [6.45, 7) is 0. The van der Waals surface area contributed by atoms with Gasteiger partial charge in [-0.15, -0.1) is 11.3 Å². The Morgan fingerprint density at radius 2 is 2.06 bits per heavy atom. The van der Waals surface area contributed by atoms with Crippen LogP contribution in [0.2, 0.25) is 0 Å². The summed E-state index contributed by atoms with van der Waals surface area (Å²) >= 11 is 1.58. The highest BCUT2D eigenvalue weighted by Gasteiger charge is 2.29. The Balaban J connectivity index is 1.73. The van der Waals surface area contributed by atoms with Gasteiger partial charge in [-0.25, -0.2) is 4.98 Å². The second-order valence-electron chi connectivity index (χ2n) is 4.21. The number of anilines is 1. The summed E-state index contributed by atoms with van der Waals surface area (Å²) in [5, 5.41) is 4.93. The van der Waals surface area contributed by atoms with E-state index in [0.717, 1.165) is 29.8 Å². The summed E-state index contributed by atoms with van der Waals surface area (Å²) in [5.41, 5.74) is 4.74. The molecule has 3 nitrogen and oxygen atoms in total. The molecule has 0 unspecified atom stereocenters. The predicted octanol–water partition coefficient (Wildman–Crippen LogP) is 3.16. The standard InChI is InChI=1S/C13H12N2OS/c16-13(10-1-2-10)15-11-5-3-9(4-6-11)12-7-17-8-14-12/h3-8,10H,1-2H2,(H,15,16). The molecular formula is C13H12N2OS. The van der Waals surface area contributed by atoms with E-state index in [1.54, 1.807) is 11.3 Å². The molecule has 1 aromatic heterocycles. The molecule has 1 aliphatic rings. The summed E-state index contributed by atoms with van der Waals surface area (Å²) in [6.07, 6.45) is 2.06. The first kappa shape index (κ1) is 10.5. The molecule has 1 amide bonds. The first-order chi connectivity index (χ1) is 8.33. The van der Waals surface area contributed by atoms with Gasteiger partial charge in [-0.2, -0.15) is 0 Å². The smallest absolute Gasteiger partial charge is 0.227 e. The molecule has 0 radical (unpaired) electrons. The number of carbonyl (C=O) groups excluding carboxylic acids is 1. The SMILES string of the molecule is O=C(Nc1ccc(-c2cscn2)cc1)C1CC1. The third-order valence-corrected chi connectivity index (χ3v) is 3.42. The minimum atomic E-state index is 0.145. The Kier molecular flexibility index (Phi) is 2.65. The minimum Gasteiger partial charge on any atom is -0.326 e. The number of aromatic nitrogens is 1. The number of nitrogens with one attached hydrogen (secondary N) is 1. The monoisotopic (exact) mass is 244 g/mol. The third-order valence-electron chi connectivity index (χ3n) is 2.83. The van der Waals surface area contributed by atoms with E-state index >= 15 is 0 Å². The number of hydrogen-bond donors (Lipinski definition) is 1. The lowest BCUT2D eigenvalue weighted by atomic mass is 10.1. The summed E-state index contributed by atoms with van der Waals surface area (Å²) in [4.78, 5) is 15.8. The third kappa shape index (κ3) is 2.36.